The molecule has 4 heteroatoms. The Morgan fingerprint density at radius 1 is 1.62 bits per heavy atom. The average molecular weight is 177 g/mol. The number of hydrogen-bond acceptors (Lipinski definition) is 3. The number of carboxylic acid groups (broad SMARTS) is 1. The minimum absolute atomic E-state index is 0.298. The van der Waals surface area contributed by atoms with Crippen molar-refractivity contribution in [3.8, 4) is 0 Å². The van der Waals surface area contributed by atoms with Crippen LogP contribution in [0.3, 0.4) is 0 Å². The highest BCUT2D eigenvalue weighted by Gasteiger charge is 2.35. The van der Waals surface area contributed by atoms with Crippen molar-refractivity contribution in [1.82, 2.24) is 4.98 Å². The van der Waals surface area contributed by atoms with E-state index in [1.54, 1.807) is 12.3 Å². The summed E-state index contributed by atoms with van der Waals surface area (Å²) >= 11 is 0. The Labute approximate surface area is 74.2 Å². The van der Waals surface area contributed by atoms with Crippen LogP contribution in [0.4, 0.5) is 0 Å². The van der Waals surface area contributed by atoms with Gasteiger partial charge < -0.3 is 5.11 Å². The van der Waals surface area contributed by atoms with Crippen LogP contribution in [-0.4, -0.2) is 21.8 Å². The summed E-state index contributed by atoms with van der Waals surface area (Å²) in [6.45, 7) is 0. The summed E-state index contributed by atoms with van der Waals surface area (Å²) in [4.78, 5) is 25.8. The van der Waals surface area contributed by atoms with Crippen molar-refractivity contribution in [2.75, 3.05) is 0 Å². The van der Waals surface area contributed by atoms with E-state index in [-0.39, 0.29) is 5.78 Å². The van der Waals surface area contributed by atoms with Gasteiger partial charge in [0.05, 0.1) is 0 Å². The Morgan fingerprint density at radius 3 is 3.00 bits per heavy atom. The topological polar surface area (TPSA) is 67.3 Å². The first-order valence-corrected chi connectivity index (χ1v) is 3.90. The van der Waals surface area contributed by atoms with Crippen LogP contribution in [0.2, 0.25) is 0 Å². The van der Waals surface area contributed by atoms with Crippen molar-refractivity contribution in [1.29, 1.82) is 0 Å². The number of rotatable bonds is 1. The van der Waals surface area contributed by atoms with Gasteiger partial charge in [-0.15, -0.1) is 0 Å². The Morgan fingerprint density at radius 2 is 2.38 bits per heavy atom. The highest BCUT2D eigenvalue weighted by atomic mass is 16.4. The van der Waals surface area contributed by atoms with Gasteiger partial charge in [-0.2, -0.15) is 0 Å². The zero-order valence-electron chi connectivity index (χ0n) is 6.73. The van der Waals surface area contributed by atoms with E-state index in [0.29, 0.717) is 12.0 Å². The molecule has 0 aromatic carbocycles. The fourth-order valence-electron chi connectivity index (χ4n) is 1.52. The molecule has 1 aliphatic rings. The van der Waals surface area contributed by atoms with E-state index >= 15 is 0 Å². The molecule has 1 aromatic heterocycles. The van der Waals surface area contributed by atoms with E-state index in [1.165, 1.54) is 6.20 Å². The average Bonchev–Trinajstić information content (AvgIpc) is 2.45. The second kappa shape index (κ2) is 2.65. The molecule has 0 saturated heterocycles. The molecule has 0 aliphatic heterocycles. The van der Waals surface area contributed by atoms with E-state index in [4.69, 9.17) is 5.11 Å². The van der Waals surface area contributed by atoms with Crippen molar-refractivity contribution in [3.63, 3.8) is 0 Å². The van der Waals surface area contributed by atoms with Crippen LogP contribution >= 0.6 is 0 Å². The summed E-state index contributed by atoms with van der Waals surface area (Å²) in [6, 6.07) is 1.69. The standard InChI is InChI=1S/C9H7NO3/c11-8-6(9(12)13)3-5-1-2-10-4-7(5)8/h1-2,4,6H,3H2,(H,12,13). The fraction of sp³-hybridized carbons (Fsp3) is 0.222. The van der Waals surface area contributed by atoms with Gasteiger partial charge >= 0.3 is 5.97 Å². The number of pyridine rings is 1. The molecule has 0 spiro atoms. The third-order valence-electron chi connectivity index (χ3n) is 2.22. The van der Waals surface area contributed by atoms with Crippen molar-refractivity contribution in [2.45, 2.75) is 6.42 Å². The number of carbonyl (C=O) groups excluding carboxylic acids is 1. The van der Waals surface area contributed by atoms with E-state index in [2.05, 4.69) is 4.98 Å². The number of aliphatic carboxylic acids is 1. The first-order valence-electron chi connectivity index (χ1n) is 3.90. The third kappa shape index (κ3) is 1.11. The SMILES string of the molecule is O=C(O)C1Cc2ccncc2C1=O. The summed E-state index contributed by atoms with van der Waals surface area (Å²) in [5.74, 6) is -2.28. The minimum atomic E-state index is -1.05. The van der Waals surface area contributed by atoms with Gasteiger partial charge in [-0.05, 0) is 18.1 Å². The molecule has 0 amide bonds. The van der Waals surface area contributed by atoms with Crippen molar-refractivity contribution >= 4 is 11.8 Å². The number of ketones is 1. The first-order chi connectivity index (χ1) is 6.20. The maximum atomic E-state index is 11.4. The molecule has 1 aliphatic carbocycles. The normalized spacial score (nSPS) is 20.0. The second-order valence-electron chi connectivity index (χ2n) is 2.99. The maximum Gasteiger partial charge on any atom is 0.314 e. The van der Waals surface area contributed by atoms with Crippen LogP contribution in [0.25, 0.3) is 0 Å². The van der Waals surface area contributed by atoms with Crippen LogP contribution < -0.4 is 0 Å². The highest BCUT2D eigenvalue weighted by molar-refractivity contribution is 6.11. The Bertz CT molecular complexity index is 386. The number of aromatic nitrogens is 1. The molecule has 1 N–H and O–H groups in total. The van der Waals surface area contributed by atoms with Gasteiger partial charge in [0.15, 0.2) is 5.78 Å². The lowest BCUT2D eigenvalue weighted by atomic mass is 10.1. The molecular formula is C9H7NO3. The molecule has 4 nitrogen and oxygen atoms in total. The zero-order valence-corrected chi connectivity index (χ0v) is 6.73. The molecule has 0 bridgehead atoms. The molecule has 1 atom stereocenters. The van der Waals surface area contributed by atoms with Gasteiger partial charge in [0.1, 0.15) is 5.92 Å². The first kappa shape index (κ1) is 7.91. The summed E-state index contributed by atoms with van der Waals surface area (Å²) in [7, 11) is 0. The van der Waals surface area contributed by atoms with Gasteiger partial charge in [-0.3, -0.25) is 14.6 Å². The van der Waals surface area contributed by atoms with Gasteiger partial charge in [0.25, 0.3) is 0 Å². The predicted octanol–water partition coefficient (Wildman–Crippen LogP) is 0.521. The molecule has 1 heterocycles. The number of carbonyl (C=O) groups is 2. The molecule has 1 unspecified atom stereocenters. The number of hydrogen-bond donors (Lipinski definition) is 1. The van der Waals surface area contributed by atoms with Crippen molar-refractivity contribution in [2.24, 2.45) is 5.92 Å². The monoisotopic (exact) mass is 177 g/mol. The number of nitrogens with zero attached hydrogens (tertiary/aromatic N) is 1. The molecule has 1 aromatic rings. The van der Waals surface area contributed by atoms with E-state index in [9.17, 15) is 9.59 Å². The molecular weight excluding hydrogens is 170 g/mol. The Balaban J connectivity index is 2.44. The quantitative estimate of drug-likeness (QED) is 0.635. The van der Waals surface area contributed by atoms with Gasteiger partial charge in [0.2, 0.25) is 0 Å². The summed E-state index contributed by atoms with van der Waals surface area (Å²) in [5.41, 5.74) is 1.24. The van der Waals surface area contributed by atoms with Crippen LogP contribution in [0.1, 0.15) is 15.9 Å². The fourth-order valence-corrected chi connectivity index (χ4v) is 1.52. The number of Topliss-reactive ketones (excluding diaryl/α,β-unsaturated/α-hetero) is 1. The van der Waals surface area contributed by atoms with E-state index in [0.717, 1.165) is 5.56 Å². The largest absolute Gasteiger partial charge is 0.481 e. The van der Waals surface area contributed by atoms with Crippen molar-refractivity contribution in [3.05, 3.63) is 29.6 Å². The Hall–Kier alpha value is -1.71. The van der Waals surface area contributed by atoms with E-state index in [1.807, 2.05) is 0 Å². The summed E-state index contributed by atoms with van der Waals surface area (Å²) in [6.07, 6.45) is 3.29. The number of carboxylic acids is 1. The lowest BCUT2D eigenvalue weighted by molar-refractivity contribution is -0.139. The number of fused-ring (bicyclic) bond motifs is 1. The van der Waals surface area contributed by atoms with Crippen LogP contribution in [0, 0.1) is 5.92 Å². The van der Waals surface area contributed by atoms with Gasteiger partial charge in [0, 0.05) is 18.0 Å². The minimum Gasteiger partial charge on any atom is -0.481 e. The van der Waals surface area contributed by atoms with Gasteiger partial charge in [-0.1, -0.05) is 0 Å². The summed E-state index contributed by atoms with van der Waals surface area (Å²) < 4.78 is 0. The van der Waals surface area contributed by atoms with Crippen LogP contribution in [-0.2, 0) is 11.2 Å². The molecule has 0 saturated carbocycles. The molecule has 0 fully saturated rings. The molecule has 13 heavy (non-hydrogen) atoms. The van der Waals surface area contributed by atoms with Crippen molar-refractivity contribution < 1.29 is 14.7 Å². The zero-order chi connectivity index (χ0) is 9.42. The molecule has 2 rings (SSSR count). The second-order valence-corrected chi connectivity index (χ2v) is 2.99. The lowest BCUT2D eigenvalue weighted by Gasteiger charge is -1.97. The lowest BCUT2D eigenvalue weighted by Crippen LogP contribution is -2.19. The van der Waals surface area contributed by atoms with E-state index < -0.39 is 11.9 Å². The molecule has 0 radical (unpaired) electrons. The van der Waals surface area contributed by atoms with Gasteiger partial charge in [-0.25, -0.2) is 0 Å². The molecule has 66 valence electrons. The highest BCUT2D eigenvalue weighted by Crippen LogP contribution is 2.25. The predicted molar refractivity (Wildman–Crippen MR) is 43.4 cm³/mol. The Kier molecular flexibility index (Phi) is 1.62. The van der Waals surface area contributed by atoms with Crippen LogP contribution in [0.5, 0.6) is 0 Å². The van der Waals surface area contributed by atoms with Crippen LogP contribution in [0.15, 0.2) is 18.5 Å². The maximum absolute atomic E-state index is 11.4. The summed E-state index contributed by atoms with van der Waals surface area (Å²) in [5, 5.41) is 8.71. The third-order valence-corrected chi connectivity index (χ3v) is 2.22. The smallest absolute Gasteiger partial charge is 0.314 e.